The van der Waals surface area contributed by atoms with Gasteiger partial charge in [-0.3, -0.25) is 14.6 Å². The number of nitrogens with one attached hydrogen (secondary N) is 3. The summed E-state index contributed by atoms with van der Waals surface area (Å²) in [7, 11) is 0. The summed E-state index contributed by atoms with van der Waals surface area (Å²) in [4.78, 5) is 46.5. The predicted molar refractivity (Wildman–Crippen MR) is 140 cm³/mol. The van der Waals surface area contributed by atoms with Crippen LogP contribution in [0.2, 0.25) is 5.02 Å². The number of nitrogens with zero attached hydrogens (tertiary/aromatic N) is 2. The van der Waals surface area contributed by atoms with Gasteiger partial charge in [-0.1, -0.05) is 11.6 Å². The molecular formula is C26H30ClN5O5. The first-order chi connectivity index (χ1) is 17.6. The van der Waals surface area contributed by atoms with Gasteiger partial charge in [-0.2, -0.15) is 0 Å². The molecule has 0 radical (unpaired) electrons. The Balaban J connectivity index is 1.39. The second kappa shape index (κ2) is 11.2. The fraction of sp³-hybridized carbons (Fsp3) is 0.423. The molecule has 3 N–H and O–H groups in total. The average molecular weight is 528 g/mol. The van der Waals surface area contributed by atoms with Crippen molar-refractivity contribution in [3.8, 4) is 0 Å². The van der Waals surface area contributed by atoms with E-state index in [2.05, 4.69) is 25.9 Å². The topological polar surface area (TPSA) is 135 Å². The predicted octanol–water partition coefficient (Wildman–Crippen LogP) is 5.40. The summed E-state index contributed by atoms with van der Waals surface area (Å²) in [6.45, 7) is 5.96. The van der Waals surface area contributed by atoms with Crippen molar-refractivity contribution in [2.45, 2.75) is 52.1 Å². The van der Waals surface area contributed by atoms with Gasteiger partial charge < -0.3 is 25.1 Å². The number of fused-ring (bicyclic) bond motifs is 1. The maximum absolute atomic E-state index is 13.2. The smallest absolute Gasteiger partial charge is 0.407 e. The molecule has 1 saturated carbocycles. The van der Waals surface area contributed by atoms with Crippen molar-refractivity contribution in [3.63, 3.8) is 0 Å². The summed E-state index contributed by atoms with van der Waals surface area (Å²) in [6.07, 6.45) is 5.43. The van der Waals surface area contributed by atoms with Gasteiger partial charge in [0, 0.05) is 24.9 Å². The van der Waals surface area contributed by atoms with E-state index >= 15 is 0 Å². The summed E-state index contributed by atoms with van der Waals surface area (Å²) in [5.74, 6) is -0.514. The molecule has 1 aliphatic rings. The Bertz CT molecular complexity index is 1280. The normalized spacial score (nSPS) is 17.7. The molecular weight excluding hydrogens is 498 g/mol. The minimum Gasteiger partial charge on any atom is -0.447 e. The number of carbonyl (C=O) groups is 3. The molecule has 0 atom stereocenters. The molecule has 0 aromatic carbocycles. The van der Waals surface area contributed by atoms with Gasteiger partial charge >= 0.3 is 6.09 Å². The molecule has 0 aliphatic heterocycles. The summed E-state index contributed by atoms with van der Waals surface area (Å²) in [5, 5.41) is 8.79. The molecule has 3 aromatic heterocycles. The first-order valence-electron chi connectivity index (χ1n) is 12.2. The third kappa shape index (κ3) is 6.97. The number of furan rings is 1. The lowest BCUT2D eigenvalue weighted by atomic mass is 9.81. The number of ether oxygens (including phenoxy) is 1. The zero-order chi connectivity index (χ0) is 26.6. The largest absolute Gasteiger partial charge is 0.447 e. The summed E-state index contributed by atoms with van der Waals surface area (Å²) >= 11 is 5.86. The lowest BCUT2D eigenvalue weighted by Crippen LogP contribution is -2.37. The van der Waals surface area contributed by atoms with Gasteiger partial charge in [0.25, 0.3) is 5.91 Å². The Morgan fingerprint density at radius 1 is 1.08 bits per heavy atom. The van der Waals surface area contributed by atoms with Crippen LogP contribution < -0.4 is 16.0 Å². The minimum atomic E-state index is -0.569. The van der Waals surface area contributed by atoms with E-state index in [1.165, 1.54) is 6.20 Å². The van der Waals surface area contributed by atoms with E-state index in [0.29, 0.717) is 41.3 Å². The van der Waals surface area contributed by atoms with Crippen LogP contribution >= 0.6 is 11.6 Å². The van der Waals surface area contributed by atoms with E-state index in [1.807, 2.05) is 20.8 Å². The van der Waals surface area contributed by atoms with Crippen LogP contribution in [0.3, 0.4) is 0 Å². The Morgan fingerprint density at radius 2 is 1.84 bits per heavy atom. The number of pyridine rings is 2. The molecule has 3 heterocycles. The Kier molecular flexibility index (Phi) is 7.97. The third-order valence-corrected chi connectivity index (χ3v) is 6.25. The fourth-order valence-electron chi connectivity index (χ4n) is 4.22. The maximum Gasteiger partial charge on any atom is 0.407 e. The third-order valence-electron chi connectivity index (χ3n) is 6.02. The molecule has 196 valence electrons. The lowest BCUT2D eigenvalue weighted by Gasteiger charge is -2.28. The number of hydrogen-bond donors (Lipinski definition) is 3. The molecule has 0 saturated heterocycles. The Labute approximate surface area is 219 Å². The van der Waals surface area contributed by atoms with Crippen LogP contribution in [0.1, 0.15) is 57.0 Å². The molecule has 0 unspecified atom stereocenters. The fourth-order valence-corrected chi connectivity index (χ4v) is 4.34. The van der Waals surface area contributed by atoms with Crippen molar-refractivity contribution < 1.29 is 23.5 Å². The highest BCUT2D eigenvalue weighted by molar-refractivity contribution is 6.30. The van der Waals surface area contributed by atoms with Crippen LogP contribution in [-0.4, -0.2) is 40.0 Å². The number of halogens is 1. The van der Waals surface area contributed by atoms with Crippen LogP contribution in [0.4, 0.5) is 16.3 Å². The van der Waals surface area contributed by atoms with Crippen molar-refractivity contribution >= 4 is 52.1 Å². The SMILES string of the molecule is CC(C)(C)OC(=O)NCC1CCC(C(=O)Nc2c(C(=O)Nc3ccc(Cl)cn3)oc3cccnc23)CC1. The quantitative estimate of drug-likeness (QED) is 0.390. The van der Waals surface area contributed by atoms with Crippen LogP contribution in [0.15, 0.2) is 41.1 Å². The van der Waals surface area contributed by atoms with Gasteiger partial charge in [0.15, 0.2) is 5.58 Å². The first kappa shape index (κ1) is 26.4. The molecule has 3 aromatic rings. The molecule has 10 nitrogen and oxygen atoms in total. The molecule has 37 heavy (non-hydrogen) atoms. The number of amides is 3. The summed E-state index contributed by atoms with van der Waals surface area (Å²) < 4.78 is 11.0. The zero-order valence-electron chi connectivity index (χ0n) is 21.0. The van der Waals surface area contributed by atoms with E-state index in [4.69, 9.17) is 20.8 Å². The van der Waals surface area contributed by atoms with Gasteiger partial charge in [0.1, 0.15) is 22.6 Å². The number of aromatic nitrogens is 2. The molecule has 0 bridgehead atoms. The van der Waals surface area contributed by atoms with Crippen LogP contribution in [-0.2, 0) is 9.53 Å². The second-order valence-electron chi connectivity index (χ2n) is 10.1. The number of rotatable bonds is 6. The highest BCUT2D eigenvalue weighted by Gasteiger charge is 2.30. The van der Waals surface area contributed by atoms with Gasteiger partial charge in [-0.05, 0) is 76.6 Å². The number of alkyl carbamates (subject to hydrolysis) is 1. The number of anilines is 2. The monoisotopic (exact) mass is 527 g/mol. The van der Waals surface area contributed by atoms with E-state index < -0.39 is 17.6 Å². The van der Waals surface area contributed by atoms with Gasteiger partial charge in [-0.25, -0.2) is 9.78 Å². The zero-order valence-corrected chi connectivity index (χ0v) is 21.7. The molecule has 1 fully saturated rings. The standard InChI is InChI=1S/C26H30ClN5O5/c1-26(2,3)37-25(35)30-13-15-6-8-16(9-7-15)23(33)32-21-20-18(5-4-12-28-20)36-22(21)24(34)31-19-11-10-17(27)14-29-19/h4-5,10-12,14-16H,6-9,13H2,1-3H3,(H,30,35)(H,32,33)(H,29,31,34). The van der Waals surface area contributed by atoms with E-state index in [9.17, 15) is 14.4 Å². The number of hydrogen-bond acceptors (Lipinski definition) is 7. The molecule has 0 spiro atoms. The van der Waals surface area contributed by atoms with Gasteiger partial charge in [-0.15, -0.1) is 0 Å². The van der Waals surface area contributed by atoms with Crippen LogP contribution in [0.25, 0.3) is 11.1 Å². The highest BCUT2D eigenvalue weighted by atomic mass is 35.5. The van der Waals surface area contributed by atoms with Crippen LogP contribution in [0.5, 0.6) is 0 Å². The van der Waals surface area contributed by atoms with Gasteiger partial charge in [0.05, 0.1) is 5.02 Å². The van der Waals surface area contributed by atoms with Crippen molar-refractivity contribution in [1.29, 1.82) is 0 Å². The van der Waals surface area contributed by atoms with Gasteiger partial charge in [0.2, 0.25) is 11.7 Å². The second-order valence-corrected chi connectivity index (χ2v) is 10.5. The number of carbonyl (C=O) groups excluding carboxylic acids is 3. The maximum atomic E-state index is 13.2. The lowest BCUT2D eigenvalue weighted by molar-refractivity contribution is -0.121. The molecule has 4 rings (SSSR count). The molecule has 1 aliphatic carbocycles. The van der Waals surface area contributed by atoms with Crippen LogP contribution in [0, 0.1) is 11.8 Å². The summed E-state index contributed by atoms with van der Waals surface area (Å²) in [5.41, 5.74) is 0.442. The minimum absolute atomic E-state index is 0.0611. The Morgan fingerprint density at radius 3 is 2.51 bits per heavy atom. The molecule has 11 heteroatoms. The van der Waals surface area contributed by atoms with E-state index in [-0.39, 0.29) is 29.2 Å². The molecule has 3 amide bonds. The van der Waals surface area contributed by atoms with Crippen molar-refractivity contribution in [3.05, 3.63) is 47.4 Å². The Hall–Kier alpha value is -3.66. The van der Waals surface area contributed by atoms with Crippen molar-refractivity contribution in [1.82, 2.24) is 15.3 Å². The summed E-state index contributed by atoms with van der Waals surface area (Å²) in [6, 6.07) is 6.53. The van der Waals surface area contributed by atoms with Crippen molar-refractivity contribution in [2.24, 2.45) is 11.8 Å². The van der Waals surface area contributed by atoms with E-state index in [0.717, 1.165) is 12.8 Å². The highest BCUT2D eigenvalue weighted by Crippen LogP contribution is 2.33. The van der Waals surface area contributed by atoms with Crippen molar-refractivity contribution in [2.75, 3.05) is 17.2 Å². The average Bonchev–Trinajstić information content (AvgIpc) is 3.22. The van der Waals surface area contributed by atoms with E-state index in [1.54, 1.807) is 30.5 Å². The first-order valence-corrected chi connectivity index (χ1v) is 12.5.